The second-order valence-corrected chi connectivity index (χ2v) is 5.74. The maximum Gasteiger partial charge on any atom is 0.237 e. The van der Waals surface area contributed by atoms with Crippen LogP contribution < -0.4 is 10.6 Å². The maximum atomic E-state index is 11.7. The van der Waals surface area contributed by atoms with Gasteiger partial charge >= 0.3 is 0 Å². The third-order valence-corrected chi connectivity index (χ3v) is 4.21. The van der Waals surface area contributed by atoms with Gasteiger partial charge in [0.05, 0.1) is 12.5 Å². The number of hydrogen-bond donors (Lipinski definition) is 2. The fourth-order valence-electron chi connectivity index (χ4n) is 3.04. The molecule has 3 rings (SSSR count). The van der Waals surface area contributed by atoms with Crippen LogP contribution in [0.2, 0.25) is 0 Å². The molecule has 2 N–H and O–H groups in total. The highest BCUT2D eigenvalue weighted by molar-refractivity contribution is 5.82. The lowest BCUT2D eigenvalue weighted by molar-refractivity contribution is -0.124. The molecule has 1 saturated carbocycles. The summed E-state index contributed by atoms with van der Waals surface area (Å²) >= 11 is 0. The van der Waals surface area contributed by atoms with Crippen LogP contribution in [0.1, 0.15) is 56.2 Å². The molecule has 0 bridgehead atoms. The van der Waals surface area contributed by atoms with Crippen molar-refractivity contribution in [2.24, 2.45) is 0 Å². The van der Waals surface area contributed by atoms with E-state index in [0.29, 0.717) is 24.8 Å². The summed E-state index contributed by atoms with van der Waals surface area (Å²) in [7, 11) is 0. The van der Waals surface area contributed by atoms with Crippen molar-refractivity contribution in [3.05, 3.63) is 11.7 Å². The first-order valence-electron chi connectivity index (χ1n) is 7.66. The predicted molar refractivity (Wildman–Crippen MR) is 73.2 cm³/mol. The summed E-state index contributed by atoms with van der Waals surface area (Å²) in [6, 6.07) is -0.244. The zero-order valence-electron chi connectivity index (χ0n) is 11.7. The summed E-state index contributed by atoms with van der Waals surface area (Å²) < 4.78 is 5.33. The Hall–Kier alpha value is -1.43. The number of nitrogens with zero attached hydrogens (tertiary/aromatic N) is 2. The minimum absolute atomic E-state index is 0.0190. The van der Waals surface area contributed by atoms with Gasteiger partial charge in [0.1, 0.15) is 0 Å². The number of carbonyl (C=O) groups is 1. The summed E-state index contributed by atoms with van der Waals surface area (Å²) in [5.74, 6) is 1.85. The van der Waals surface area contributed by atoms with Crippen molar-refractivity contribution in [1.29, 1.82) is 0 Å². The number of hydrogen-bond acceptors (Lipinski definition) is 5. The molecule has 0 radical (unpaired) electrons. The predicted octanol–water partition coefficient (Wildman–Crippen LogP) is 1.14. The van der Waals surface area contributed by atoms with E-state index >= 15 is 0 Å². The SMILES string of the molecule is O=C1NCCNC1Cc1nc(C2CCCCCC2)no1. The van der Waals surface area contributed by atoms with Gasteiger partial charge in [0.15, 0.2) is 5.82 Å². The van der Waals surface area contributed by atoms with Crippen LogP contribution in [0.15, 0.2) is 4.52 Å². The number of carbonyl (C=O) groups excluding carboxylic acids is 1. The van der Waals surface area contributed by atoms with Crippen LogP contribution in [0.4, 0.5) is 0 Å². The Morgan fingerprint density at radius 3 is 2.70 bits per heavy atom. The lowest BCUT2D eigenvalue weighted by atomic mass is 10.00. The van der Waals surface area contributed by atoms with Gasteiger partial charge in [0.25, 0.3) is 0 Å². The average molecular weight is 278 g/mol. The van der Waals surface area contributed by atoms with E-state index in [9.17, 15) is 4.79 Å². The lowest BCUT2D eigenvalue weighted by Crippen LogP contribution is -2.53. The van der Waals surface area contributed by atoms with E-state index in [-0.39, 0.29) is 11.9 Å². The first-order chi connectivity index (χ1) is 9.83. The third-order valence-electron chi connectivity index (χ3n) is 4.21. The zero-order valence-corrected chi connectivity index (χ0v) is 11.7. The van der Waals surface area contributed by atoms with Gasteiger partial charge in [-0.3, -0.25) is 4.79 Å². The summed E-state index contributed by atoms with van der Waals surface area (Å²) in [6.45, 7) is 1.48. The highest BCUT2D eigenvalue weighted by Crippen LogP contribution is 2.29. The van der Waals surface area contributed by atoms with Gasteiger partial charge in [-0.25, -0.2) is 0 Å². The number of amides is 1. The molecule has 1 amide bonds. The van der Waals surface area contributed by atoms with Gasteiger partial charge < -0.3 is 15.2 Å². The van der Waals surface area contributed by atoms with Crippen molar-refractivity contribution >= 4 is 5.91 Å². The summed E-state index contributed by atoms with van der Waals surface area (Å²) in [6.07, 6.45) is 7.91. The van der Waals surface area contributed by atoms with Gasteiger partial charge in [-0.15, -0.1) is 0 Å². The molecule has 1 saturated heterocycles. The molecule has 6 nitrogen and oxygen atoms in total. The molecule has 20 heavy (non-hydrogen) atoms. The Labute approximate surface area is 118 Å². The molecule has 1 atom stereocenters. The maximum absolute atomic E-state index is 11.7. The molecule has 2 fully saturated rings. The number of rotatable bonds is 3. The van der Waals surface area contributed by atoms with Crippen LogP contribution in [-0.2, 0) is 11.2 Å². The van der Waals surface area contributed by atoms with E-state index in [1.807, 2.05) is 0 Å². The van der Waals surface area contributed by atoms with Crippen LogP contribution in [0, 0.1) is 0 Å². The Bertz CT molecular complexity index is 452. The quantitative estimate of drug-likeness (QED) is 0.810. The first kappa shape index (κ1) is 13.5. The van der Waals surface area contributed by atoms with Gasteiger partial charge in [-0.05, 0) is 12.8 Å². The normalized spacial score (nSPS) is 25.2. The highest BCUT2D eigenvalue weighted by Gasteiger charge is 2.25. The average Bonchev–Trinajstić information content (AvgIpc) is 2.74. The van der Waals surface area contributed by atoms with Crippen LogP contribution in [0.25, 0.3) is 0 Å². The molecule has 0 aromatic carbocycles. The second-order valence-electron chi connectivity index (χ2n) is 5.74. The second kappa shape index (κ2) is 6.35. The molecule has 1 aromatic heterocycles. The Balaban J connectivity index is 1.62. The van der Waals surface area contributed by atoms with Gasteiger partial charge in [-0.2, -0.15) is 4.98 Å². The van der Waals surface area contributed by atoms with E-state index in [0.717, 1.165) is 25.2 Å². The number of piperazine rings is 1. The van der Waals surface area contributed by atoms with E-state index in [1.165, 1.54) is 25.7 Å². The molecule has 1 aromatic rings. The van der Waals surface area contributed by atoms with E-state index in [1.54, 1.807) is 0 Å². The molecular formula is C14H22N4O2. The van der Waals surface area contributed by atoms with Crippen LogP contribution in [0.3, 0.4) is 0 Å². The highest BCUT2D eigenvalue weighted by atomic mass is 16.5. The lowest BCUT2D eigenvalue weighted by Gasteiger charge is -2.21. The minimum atomic E-state index is -0.244. The molecule has 6 heteroatoms. The van der Waals surface area contributed by atoms with Crippen LogP contribution in [0.5, 0.6) is 0 Å². The van der Waals surface area contributed by atoms with Crippen LogP contribution in [-0.4, -0.2) is 35.2 Å². The monoisotopic (exact) mass is 278 g/mol. The van der Waals surface area contributed by atoms with Crippen LogP contribution >= 0.6 is 0 Å². The van der Waals surface area contributed by atoms with Crippen molar-refractivity contribution < 1.29 is 9.32 Å². The van der Waals surface area contributed by atoms with E-state index in [2.05, 4.69) is 20.8 Å². The Kier molecular flexibility index (Phi) is 4.30. The summed E-state index contributed by atoms with van der Waals surface area (Å²) in [4.78, 5) is 16.2. The zero-order chi connectivity index (χ0) is 13.8. The fourth-order valence-corrected chi connectivity index (χ4v) is 3.04. The number of aromatic nitrogens is 2. The van der Waals surface area contributed by atoms with Crippen molar-refractivity contribution in [2.75, 3.05) is 13.1 Å². The van der Waals surface area contributed by atoms with Crippen molar-refractivity contribution in [3.8, 4) is 0 Å². The molecular weight excluding hydrogens is 256 g/mol. The fraction of sp³-hybridized carbons (Fsp3) is 0.786. The largest absolute Gasteiger partial charge is 0.353 e. The smallest absolute Gasteiger partial charge is 0.237 e. The molecule has 0 spiro atoms. The van der Waals surface area contributed by atoms with Gasteiger partial charge in [0, 0.05) is 19.0 Å². The molecule has 1 aliphatic carbocycles. The number of nitrogens with one attached hydrogen (secondary N) is 2. The topological polar surface area (TPSA) is 80.0 Å². The first-order valence-corrected chi connectivity index (χ1v) is 7.66. The van der Waals surface area contributed by atoms with Crippen molar-refractivity contribution in [2.45, 2.75) is 56.9 Å². The van der Waals surface area contributed by atoms with Gasteiger partial charge in [0.2, 0.25) is 11.8 Å². The van der Waals surface area contributed by atoms with Gasteiger partial charge in [-0.1, -0.05) is 30.8 Å². The molecule has 2 heterocycles. The summed E-state index contributed by atoms with van der Waals surface area (Å²) in [5, 5.41) is 10.1. The summed E-state index contributed by atoms with van der Waals surface area (Å²) in [5.41, 5.74) is 0. The Morgan fingerprint density at radius 2 is 1.95 bits per heavy atom. The van der Waals surface area contributed by atoms with E-state index in [4.69, 9.17) is 4.52 Å². The molecule has 1 aliphatic heterocycles. The van der Waals surface area contributed by atoms with Crippen molar-refractivity contribution in [1.82, 2.24) is 20.8 Å². The van der Waals surface area contributed by atoms with E-state index < -0.39 is 0 Å². The third kappa shape index (κ3) is 3.17. The minimum Gasteiger partial charge on any atom is -0.353 e. The van der Waals surface area contributed by atoms with Crippen molar-refractivity contribution in [3.63, 3.8) is 0 Å². The molecule has 1 unspecified atom stereocenters. The molecule has 2 aliphatic rings. The Morgan fingerprint density at radius 1 is 1.15 bits per heavy atom. The molecule has 110 valence electrons. The standard InChI is InChI=1S/C14H22N4O2/c19-14-11(15-7-8-16-14)9-12-17-13(18-20-12)10-5-3-1-2-4-6-10/h10-11,15H,1-9H2,(H,16,19).